The summed E-state index contributed by atoms with van der Waals surface area (Å²) in [5, 5.41) is 19.4. The Morgan fingerprint density at radius 2 is 2.03 bits per heavy atom. The van der Waals surface area contributed by atoms with E-state index in [9.17, 15) is 14.9 Å². The molecule has 8 nitrogen and oxygen atoms in total. The predicted octanol–water partition coefficient (Wildman–Crippen LogP) is 4.42. The second kappa shape index (κ2) is 9.75. The van der Waals surface area contributed by atoms with E-state index in [1.54, 1.807) is 13.0 Å². The molecule has 0 aliphatic rings. The molecule has 0 aliphatic heterocycles. The minimum atomic E-state index is -0.748. The smallest absolute Gasteiger partial charge is 0.265 e. The Balaban J connectivity index is 1.73. The lowest BCUT2D eigenvalue weighted by Gasteiger charge is -2.02. The highest BCUT2D eigenvalue weighted by atomic mass is 79.9. The first-order valence-electron chi connectivity index (χ1n) is 8.96. The molecule has 152 valence electrons. The van der Waals surface area contributed by atoms with Crippen LogP contribution in [-0.2, 0) is 6.54 Å². The zero-order valence-corrected chi connectivity index (χ0v) is 17.6. The number of allylic oxidation sites excluding steroid dienone is 1. The number of carbonyl (C=O) groups is 1. The molecule has 0 bridgehead atoms. The molecule has 0 spiro atoms. The lowest BCUT2D eigenvalue weighted by molar-refractivity contribution is -0.385. The topological polar surface area (TPSA) is 102 Å². The van der Waals surface area contributed by atoms with Crippen molar-refractivity contribution in [2.45, 2.75) is 13.5 Å². The summed E-state index contributed by atoms with van der Waals surface area (Å²) in [6.45, 7) is 2.00. The molecule has 30 heavy (non-hydrogen) atoms. The molecule has 0 saturated carbocycles. The van der Waals surface area contributed by atoms with E-state index >= 15 is 0 Å². The van der Waals surface area contributed by atoms with E-state index in [4.69, 9.17) is 0 Å². The summed E-state index contributed by atoms with van der Waals surface area (Å²) in [5.74, 6) is -0.748. The molecule has 0 aliphatic carbocycles. The Kier molecular flexibility index (Phi) is 6.87. The number of carbonyl (C=O) groups excluding carboxylic acids is 1. The van der Waals surface area contributed by atoms with Crippen LogP contribution in [0.15, 0.2) is 76.4 Å². The number of amides is 1. The average Bonchev–Trinajstić information content (AvgIpc) is 3.15. The molecule has 0 atom stereocenters. The number of halogens is 1. The van der Waals surface area contributed by atoms with Crippen LogP contribution in [0.3, 0.4) is 0 Å². The van der Waals surface area contributed by atoms with Gasteiger partial charge in [0.1, 0.15) is 6.20 Å². The SMILES string of the molecule is CC(/C=C/c1ccccc1)=N\NC(=O)c1nn(Cc2cccc(Br)c2)cc1[N+](=O)[O-]. The summed E-state index contributed by atoms with van der Waals surface area (Å²) in [7, 11) is 0. The Bertz CT molecular complexity index is 1120. The molecule has 1 amide bonds. The molecule has 0 saturated heterocycles. The van der Waals surface area contributed by atoms with Gasteiger partial charge in [0.15, 0.2) is 0 Å². The molecule has 1 N–H and O–H groups in total. The highest BCUT2D eigenvalue weighted by molar-refractivity contribution is 9.10. The van der Waals surface area contributed by atoms with Crippen molar-refractivity contribution in [1.82, 2.24) is 15.2 Å². The van der Waals surface area contributed by atoms with E-state index in [1.807, 2.05) is 60.7 Å². The van der Waals surface area contributed by atoms with Crippen LogP contribution in [0.2, 0.25) is 0 Å². The molecule has 1 heterocycles. The maximum atomic E-state index is 12.4. The van der Waals surface area contributed by atoms with E-state index in [0.29, 0.717) is 5.71 Å². The van der Waals surface area contributed by atoms with Crippen molar-refractivity contribution in [2.75, 3.05) is 0 Å². The third-order valence-corrected chi connectivity index (χ3v) is 4.53. The van der Waals surface area contributed by atoms with E-state index < -0.39 is 10.8 Å². The highest BCUT2D eigenvalue weighted by Crippen LogP contribution is 2.19. The first-order chi connectivity index (χ1) is 14.4. The quantitative estimate of drug-likeness (QED) is 0.315. The molecular formula is C21H18BrN5O3. The normalized spacial score (nSPS) is 11.6. The Morgan fingerprint density at radius 1 is 1.27 bits per heavy atom. The van der Waals surface area contributed by atoms with Gasteiger partial charge in [0.05, 0.1) is 17.2 Å². The van der Waals surface area contributed by atoms with Gasteiger partial charge in [-0.25, -0.2) is 5.43 Å². The fraction of sp³-hybridized carbons (Fsp3) is 0.0952. The summed E-state index contributed by atoms with van der Waals surface area (Å²) in [5.41, 5.74) is 4.05. The maximum absolute atomic E-state index is 12.4. The third-order valence-electron chi connectivity index (χ3n) is 4.04. The standard InChI is InChI=1S/C21H18BrN5O3/c1-15(10-11-16-6-3-2-4-7-16)23-24-21(28)20-19(27(29)30)14-26(25-20)13-17-8-5-9-18(22)12-17/h2-12,14H,13H2,1H3,(H,24,28)/b11-10+,23-15+. The number of hydrazone groups is 1. The van der Waals surface area contributed by atoms with E-state index in [2.05, 4.69) is 31.6 Å². The monoisotopic (exact) mass is 467 g/mol. The van der Waals surface area contributed by atoms with Gasteiger partial charge in [0.2, 0.25) is 5.69 Å². The van der Waals surface area contributed by atoms with Crippen LogP contribution in [0, 0.1) is 10.1 Å². The second-order valence-electron chi connectivity index (χ2n) is 6.39. The molecule has 0 radical (unpaired) electrons. The highest BCUT2D eigenvalue weighted by Gasteiger charge is 2.25. The molecular weight excluding hydrogens is 450 g/mol. The number of benzene rings is 2. The zero-order valence-electron chi connectivity index (χ0n) is 16.0. The van der Waals surface area contributed by atoms with E-state index in [0.717, 1.165) is 15.6 Å². The van der Waals surface area contributed by atoms with Gasteiger partial charge >= 0.3 is 5.69 Å². The molecule has 1 aromatic heterocycles. The molecule has 0 unspecified atom stereocenters. The fourth-order valence-corrected chi connectivity index (χ4v) is 3.07. The number of aromatic nitrogens is 2. The minimum Gasteiger partial charge on any atom is -0.265 e. The van der Waals surface area contributed by atoms with Crippen molar-refractivity contribution in [2.24, 2.45) is 5.10 Å². The summed E-state index contributed by atoms with van der Waals surface area (Å²) in [4.78, 5) is 23.2. The van der Waals surface area contributed by atoms with Gasteiger partial charge in [-0.15, -0.1) is 0 Å². The van der Waals surface area contributed by atoms with Gasteiger partial charge in [-0.05, 0) is 36.3 Å². The van der Waals surface area contributed by atoms with E-state index in [1.165, 1.54) is 10.9 Å². The molecule has 3 aromatic rings. The van der Waals surface area contributed by atoms with Crippen LogP contribution in [0.4, 0.5) is 5.69 Å². The predicted molar refractivity (Wildman–Crippen MR) is 118 cm³/mol. The van der Waals surface area contributed by atoms with Crippen LogP contribution < -0.4 is 5.43 Å². The summed E-state index contributed by atoms with van der Waals surface area (Å²) >= 11 is 3.38. The summed E-state index contributed by atoms with van der Waals surface area (Å²) in [6, 6.07) is 17.1. The van der Waals surface area contributed by atoms with Gasteiger partial charge in [-0.3, -0.25) is 19.6 Å². The molecule has 9 heteroatoms. The van der Waals surface area contributed by atoms with Crippen LogP contribution in [0.5, 0.6) is 0 Å². The number of nitrogens with zero attached hydrogens (tertiary/aromatic N) is 4. The number of hydrogen-bond acceptors (Lipinski definition) is 5. The summed E-state index contributed by atoms with van der Waals surface area (Å²) < 4.78 is 2.24. The summed E-state index contributed by atoms with van der Waals surface area (Å²) in [6.07, 6.45) is 4.82. The number of hydrogen-bond donors (Lipinski definition) is 1. The van der Waals surface area contributed by atoms with Crippen molar-refractivity contribution in [3.05, 3.63) is 98.3 Å². The lowest BCUT2D eigenvalue weighted by atomic mass is 10.2. The Labute approximate surface area is 181 Å². The van der Waals surface area contributed by atoms with Crippen molar-refractivity contribution >= 4 is 39.3 Å². The van der Waals surface area contributed by atoms with Crippen LogP contribution in [0.1, 0.15) is 28.5 Å². The van der Waals surface area contributed by atoms with Crippen molar-refractivity contribution in [3.63, 3.8) is 0 Å². The second-order valence-corrected chi connectivity index (χ2v) is 7.30. The van der Waals surface area contributed by atoms with Crippen LogP contribution >= 0.6 is 15.9 Å². The van der Waals surface area contributed by atoms with Crippen molar-refractivity contribution < 1.29 is 9.72 Å². The third kappa shape index (κ3) is 5.71. The average molecular weight is 468 g/mol. The minimum absolute atomic E-state index is 0.287. The van der Waals surface area contributed by atoms with Crippen molar-refractivity contribution in [3.8, 4) is 0 Å². The van der Waals surface area contributed by atoms with Gasteiger partial charge in [0, 0.05) is 4.47 Å². The Hall–Kier alpha value is -3.59. The number of nitro groups is 1. The van der Waals surface area contributed by atoms with Gasteiger partial charge in [-0.1, -0.05) is 64.5 Å². The Morgan fingerprint density at radius 3 is 2.73 bits per heavy atom. The fourth-order valence-electron chi connectivity index (χ4n) is 2.62. The molecule has 0 fully saturated rings. The van der Waals surface area contributed by atoms with E-state index in [-0.39, 0.29) is 17.9 Å². The first kappa shape index (κ1) is 21.1. The lowest BCUT2D eigenvalue weighted by Crippen LogP contribution is -2.20. The molecule has 2 aromatic carbocycles. The van der Waals surface area contributed by atoms with Crippen molar-refractivity contribution in [1.29, 1.82) is 0 Å². The number of rotatable bonds is 7. The maximum Gasteiger partial charge on any atom is 0.320 e. The van der Waals surface area contributed by atoms with Crippen LogP contribution in [-0.4, -0.2) is 26.3 Å². The molecule has 3 rings (SSSR count). The van der Waals surface area contributed by atoms with Gasteiger partial charge in [-0.2, -0.15) is 10.2 Å². The van der Waals surface area contributed by atoms with Gasteiger partial charge < -0.3 is 0 Å². The zero-order chi connectivity index (χ0) is 21.5. The number of nitrogens with one attached hydrogen (secondary N) is 1. The van der Waals surface area contributed by atoms with Gasteiger partial charge in [0.25, 0.3) is 5.91 Å². The van der Waals surface area contributed by atoms with Crippen LogP contribution in [0.25, 0.3) is 6.08 Å². The first-order valence-corrected chi connectivity index (χ1v) is 9.76. The largest absolute Gasteiger partial charge is 0.320 e.